The summed E-state index contributed by atoms with van der Waals surface area (Å²) in [6.45, 7) is 3.68. The molecular weight excluding hydrogens is 504 g/mol. The van der Waals surface area contributed by atoms with E-state index in [1.165, 1.54) is 11.1 Å². The maximum Gasteiger partial charge on any atom is 0.251 e. The molecule has 0 radical (unpaired) electrons. The van der Waals surface area contributed by atoms with Crippen LogP contribution in [-0.2, 0) is 29.2 Å². The fourth-order valence-corrected chi connectivity index (χ4v) is 5.99. The second-order valence-electron chi connectivity index (χ2n) is 10.9. The number of benzene rings is 3. The van der Waals surface area contributed by atoms with Crippen molar-refractivity contribution in [3.8, 4) is 5.75 Å². The molecule has 3 aromatic carbocycles. The molecule has 3 amide bonds. The molecule has 0 bridgehead atoms. The van der Waals surface area contributed by atoms with Crippen molar-refractivity contribution in [2.24, 2.45) is 0 Å². The molecule has 8 nitrogen and oxygen atoms in total. The van der Waals surface area contributed by atoms with E-state index in [1.807, 2.05) is 42.5 Å². The number of piperidine rings is 2. The van der Waals surface area contributed by atoms with Gasteiger partial charge >= 0.3 is 0 Å². The lowest BCUT2D eigenvalue weighted by molar-refractivity contribution is -0.137. The Morgan fingerprint density at radius 2 is 1.68 bits per heavy atom. The Morgan fingerprint density at radius 1 is 0.925 bits per heavy atom. The average molecular weight is 539 g/mol. The molecule has 3 aromatic rings. The number of amides is 3. The Morgan fingerprint density at radius 3 is 2.45 bits per heavy atom. The van der Waals surface area contributed by atoms with Crippen LogP contribution in [0.2, 0.25) is 0 Å². The molecule has 2 saturated heterocycles. The summed E-state index contributed by atoms with van der Waals surface area (Å²) in [6.07, 6.45) is 1.47. The quantitative estimate of drug-likeness (QED) is 0.449. The molecule has 2 N–H and O–H groups in total. The molecule has 3 unspecified atom stereocenters. The van der Waals surface area contributed by atoms with E-state index in [1.54, 1.807) is 0 Å². The lowest BCUT2D eigenvalue weighted by Crippen LogP contribution is -2.56. The predicted octanol–water partition coefficient (Wildman–Crippen LogP) is 3.26. The molecule has 206 valence electrons. The van der Waals surface area contributed by atoms with Gasteiger partial charge in [0.25, 0.3) is 5.91 Å². The number of hydrogen-bond acceptors (Lipinski definition) is 6. The minimum Gasteiger partial charge on any atom is -0.487 e. The van der Waals surface area contributed by atoms with Gasteiger partial charge in [-0.15, -0.1) is 0 Å². The zero-order valence-electron chi connectivity index (χ0n) is 22.4. The van der Waals surface area contributed by atoms with Crippen molar-refractivity contribution in [2.75, 3.05) is 13.1 Å². The Bertz CT molecular complexity index is 1380. The highest BCUT2D eigenvalue weighted by atomic mass is 16.5. The van der Waals surface area contributed by atoms with E-state index in [0.29, 0.717) is 38.0 Å². The number of nitrogens with one attached hydrogen (secondary N) is 2. The zero-order chi connectivity index (χ0) is 27.5. The molecule has 0 aromatic heterocycles. The van der Waals surface area contributed by atoms with Gasteiger partial charge in [0.05, 0.1) is 12.1 Å². The summed E-state index contributed by atoms with van der Waals surface area (Å²) in [6, 6.07) is 25.4. The second-order valence-corrected chi connectivity index (χ2v) is 10.9. The largest absolute Gasteiger partial charge is 0.487 e. The number of fused-ring (bicyclic) bond motifs is 1. The van der Waals surface area contributed by atoms with Crippen molar-refractivity contribution in [1.29, 1.82) is 0 Å². The van der Waals surface area contributed by atoms with Gasteiger partial charge in [-0.2, -0.15) is 0 Å². The van der Waals surface area contributed by atoms with Crippen LogP contribution in [0.1, 0.15) is 46.3 Å². The van der Waals surface area contributed by atoms with E-state index in [2.05, 4.69) is 56.8 Å². The van der Waals surface area contributed by atoms with Crippen LogP contribution in [0.25, 0.3) is 0 Å². The van der Waals surface area contributed by atoms with E-state index >= 15 is 0 Å². The number of likely N-dealkylation sites (tertiary alicyclic amines) is 1. The summed E-state index contributed by atoms with van der Waals surface area (Å²) >= 11 is 0. The Hall–Kier alpha value is -4.01. The summed E-state index contributed by atoms with van der Waals surface area (Å²) in [5.74, 6) is 0.258. The lowest BCUT2D eigenvalue weighted by Gasteiger charge is -2.39. The Kier molecular flexibility index (Phi) is 7.62. The van der Waals surface area contributed by atoms with Gasteiger partial charge in [0.1, 0.15) is 11.9 Å². The van der Waals surface area contributed by atoms with Gasteiger partial charge in [0.15, 0.2) is 0 Å². The van der Waals surface area contributed by atoms with Crippen LogP contribution in [0.3, 0.4) is 0 Å². The fraction of sp³-hybridized carbons (Fsp3) is 0.344. The normalized spacial score (nSPS) is 23.4. The van der Waals surface area contributed by atoms with E-state index in [9.17, 15) is 14.4 Å². The van der Waals surface area contributed by atoms with Crippen molar-refractivity contribution in [1.82, 2.24) is 20.4 Å². The molecule has 6 rings (SSSR count). The van der Waals surface area contributed by atoms with Crippen LogP contribution >= 0.6 is 0 Å². The number of nitrogens with zero attached hydrogens (tertiary/aromatic N) is 2. The van der Waals surface area contributed by atoms with E-state index in [-0.39, 0.29) is 35.9 Å². The average Bonchev–Trinajstić information content (AvgIpc) is 3.38. The molecule has 0 aliphatic carbocycles. The summed E-state index contributed by atoms with van der Waals surface area (Å²) in [5, 5.41) is 5.70. The van der Waals surface area contributed by atoms with Crippen LogP contribution in [0.15, 0.2) is 78.9 Å². The fourth-order valence-electron chi connectivity index (χ4n) is 5.99. The highest BCUT2D eigenvalue weighted by molar-refractivity contribution is 6.00. The second kappa shape index (κ2) is 11.6. The standard InChI is InChI=1S/C32H34N4O4/c37-30-14-13-28(32(39)34-30)36-19-24-11-12-26(17-25(24)20-36)40-29-21-35(18-22-7-3-1-4-8-22)16-15-27(29)33-31(38)23-9-5-2-6-10-23/h1-12,17,27-29H,13-16,18-21H2,(H,33,38)(H,34,37,39). The van der Waals surface area contributed by atoms with Crippen LogP contribution in [-0.4, -0.2) is 58.8 Å². The first kappa shape index (κ1) is 26.2. The van der Waals surface area contributed by atoms with E-state index in [0.717, 1.165) is 30.8 Å². The first-order valence-corrected chi connectivity index (χ1v) is 14.0. The van der Waals surface area contributed by atoms with Crippen LogP contribution in [0.4, 0.5) is 0 Å². The van der Waals surface area contributed by atoms with E-state index < -0.39 is 0 Å². The maximum absolute atomic E-state index is 13.0. The van der Waals surface area contributed by atoms with Gasteiger partial charge in [-0.3, -0.25) is 29.5 Å². The smallest absolute Gasteiger partial charge is 0.251 e. The van der Waals surface area contributed by atoms with Crippen molar-refractivity contribution in [3.05, 3.63) is 101 Å². The van der Waals surface area contributed by atoms with Gasteiger partial charge in [-0.25, -0.2) is 0 Å². The monoisotopic (exact) mass is 538 g/mol. The molecule has 8 heteroatoms. The Balaban J connectivity index is 1.16. The number of rotatable bonds is 7. The third-order valence-corrected chi connectivity index (χ3v) is 8.11. The number of ether oxygens (including phenoxy) is 1. The minimum absolute atomic E-state index is 0.0930. The number of imide groups is 1. The van der Waals surface area contributed by atoms with Crippen molar-refractivity contribution >= 4 is 17.7 Å². The summed E-state index contributed by atoms with van der Waals surface area (Å²) < 4.78 is 6.61. The van der Waals surface area contributed by atoms with Gasteiger partial charge in [-0.1, -0.05) is 54.6 Å². The van der Waals surface area contributed by atoms with Crippen LogP contribution < -0.4 is 15.4 Å². The van der Waals surface area contributed by atoms with Crippen LogP contribution in [0.5, 0.6) is 5.75 Å². The molecule has 3 aliphatic rings. The third-order valence-electron chi connectivity index (χ3n) is 8.11. The van der Waals surface area contributed by atoms with Crippen molar-refractivity contribution < 1.29 is 19.1 Å². The number of carbonyl (C=O) groups excluding carboxylic acids is 3. The third kappa shape index (κ3) is 5.93. The highest BCUT2D eigenvalue weighted by Gasteiger charge is 2.36. The van der Waals surface area contributed by atoms with Crippen molar-refractivity contribution in [3.63, 3.8) is 0 Å². The first-order valence-electron chi connectivity index (χ1n) is 14.0. The number of hydrogen-bond donors (Lipinski definition) is 2. The molecule has 3 aliphatic heterocycles. The van der Waals surface area contributed by atoms with Gasteiger partial charge in [0, 0.05) is 44.7 Å². The SMILES string of the molecule is O=C1CCC(N2Cc3ccc(OC4CN(Cc5ccccc5)CCC4NC(=O)c4ccccc4)cc3C2)C(=O)N1. The molecule has 0 spiro atoms. The summed E-state index contributed by atoms with van der Waals surface area (Å²) in [4.78, 5) is 41.5. The minimum atomic E-state index is -0.295. The van der Waals surface area contributed by atoms with E-state index in [4.69, 9.17) is 4.74 Å². The Labute approximate surface area is 234 Å². The molecule has 2 fully saturated rings. The van der Waals surface area contributed by atoms with Crippen LogP contribution in [0, 0.1) is 0 Å². The lowest BCUT2D eigenvalue weighted by atomic mass is 10.00. The number of carbonyl (C=O) groups is 3. The maximum atomic E-state index is 13.0. The predicted molar refractivity (Wildman–Crippen MR) is 150 cm³/mol. The topological polar surface area (TPSA) is 91.0 Å². The zero-order valence-corrected chi connectivity index (χ0v) is 22.4. The van der Waals surface area contributed by atoms with Gasteiger partial charge < -0.3 is 10.1 Å². The van der Waals surface area contributed by atoms with Gasteiger partial charge in [0.2, 0.25) is 11.8 Å². The summed E-state index contributed by atoms with van der Waals surface area (Å²) in [5.41, 5.74) is 4.18. The molecule has 3 atom stereocenters. The van der Waals surface area contributed by atoms with Crippen molar-refractivity contribution in [2.45, 2.75) is 57.1 Å². The molecular formula is C32H34N4O4. The summed E-state index contributed by atoms with van der Waals surface area (Å²) in [7, 11) is 0. The van der Waals surface area contributed by atoms with Gasteiger partial charge in [-0.05, 0) is 53.8 Å². The molecule has 40 heavy (non-hydrogen) atoms. The molecule has 0 saturated carbocycles. The first-order chi connectivity index (χ1) is 19.5. The highest BCUT2D eigenvalue weighted by Crippen LogP contribution is 2.31. The molecule has 3 heterocycles.